The third-order valence-electron chi connectivity index (χ3n) is 2.56. The number of pyridine rings is 1. The van der Waals surface area contributed by atoms with Gasteiger partial charge >= 0.3 is 0 Å². The maximum absolute atomic E-state index is 10.1. The average Bonchev–Trinajstić information content (AvgIpc) is 2.28. The molecule has 84 valence electrons. The van der Waals surface area contributed by atoms with Gasteiger partial charge in [0.05, 0.1) is 14.2 Å². The minimum atomic E-state index is 0.0717. The number of aromatic nitrogens is 1. The highest BCUT2D eigenvalue weighted by molar-refractivity contribution is 5.94. The lowest BCUT2D eigenvalue weighted by atomic mass is 10.1. The minimum Gasteiger partial charge on any atom is -0.504 e. The van der Waals surface area contributed by atoms with Gasteiger partial charge in [-0.2, -0.15) is 0 Å². The fourth-order valence-corrected chi connectivity index (χ4v) is 1.80. The monoisotopic (exact) mass is 219 g/mol. The number of methoxy groups -OCH3 is 2. The van der Waals surface area contributed by atoms with Crippen LogP contribution in [0, 0.1) is 6.92 Å². The van der Waals surface area contributed by atoms with Crippen LogP contribution < -0.4 is 9.47 Å². The molecular formula is C12H13NO3. The molecule has 0 saturated carbocycles. The van der Waals surface area contributed by atoms with Crippen molar-refractivity contribution in [3.63, 3.8) is 0 Å². The first kappa shape index (κ1) is 10.5. The molecule has 0 atom stereocenters. The zero-order valence-electron chi connectivity index (χ0n) is 9.44. The van der Waals surface area contributed by atoms with Crippen LogP contribution >= 0.6 is 0 Å². The number of aryl methyl sites for hydroxylation is 1. The van der Waals surface area contributed by atoms with E-state index in [2.05, 4.69) is 4.98 Å². The van der Waals surface area contributed by atoms with E-state index in [4.69, 9.17) is 9.47 Å². The smallest absolute Gasteiger partial charge is 0.203 e. The number of nitrogens with zero attached hydrogens (tertiary/aromatic N) is 1. The van der Waals surface area contributed by atoms with Crippen LogP contribution in [0.4, 0.5) is 0 Å². The van der Waals surface area contributed by atoms with Gasteiger partial charge in [-0.1, -0.05) is 0 Å². The Bertz CT molecular complexity index is 537. The van der Waals surface area contributed by atoms with Gasteiger partial charge in [0, 0.05) is 17.3 Å². The van der Waals surface area contributed by atoms with Crippen molar-refractivity contribution in [2.24, 2.45) is 0 Å². The van der Waals surface area contributed by atoms with Gasteiger partial charge in [-0.25, -0.2) is 0 Å². The highest BCUT2D eigenvalue weighted by Crippen LogP contribution is 2.43. The van der Waals surface area contributed by atoms with E-state index in [0.717, 1.165) is 11.1 Å². The zero-order valence-corrected chi connectivity index (χ0v) is 9.44. The maximum Gasteiger partial charge on any atom is 0.203 e. The predicted octanol–water partition coefficient (Wildman–Crippen LogP) is 2.27. The van der Waals surface area contributed by atoms with E-state index in [1.807, 2.05) is 19.1 Å². The number of aromatic hydroxyl groups is 1. The Labute approximate surface area is 93.4 Å². The third-order valence-corrected chi connectivity index (χ3v) is 2.56. The topological polar surface area (TPSA) is 51.6 Å². The molecule has 4 nitrogen and oxygen atoms in total. The van der Waals surface area contributed by atoms with Gasteiger partial charge in [0.2, 0.25) is 5.75 Å². The molecule has 0 aliphatic heterocycles. The Balaban J connectivity index is 2.88. The first-order valence-electron chi connectivity index (χ1n) is 4.88. The highest BCUT2D eigenvalue weighted by Gasteiger charge is 2.15. The summed E-state index contributed by atoms with van der Waals surface area (Å²) >= 11 is 0. The van der Waals surface area contributed by atoms with Gasteiger partial charge in [0.1, 0.15) is 0 Å². The van der Waals surface area contributed by atoms with Gasteiger partial charge < -0.3 is 14.6 Å². The molecule has 0 amide bonds. The normalized spacial score (nSPS) is 10.4. The van der Waals surface area contributed by atoms with Gasteiger partial charge in [-0.05, 0) is 24.4 Å². The van der Waals surface area contributed by atoms with Gasteiger partial charge in [0.25, 0.3) is 0 Å². The molecule has 0 saturated heterocycles. The SMILES string of the molecule is COc1cc2ccnc(C)c2c(O)c1OC. The molecule has 1 N–H and O–H groups in total. The Morgan fingerprint density at radius 2 is 2.00 bits per heavy atom. The summed E-state index contributed by atoms with van der Waals surface area (Å²) in [5.74, 6) is 0.923. The van der Waals surface area contributed by atoms with Crippen molar-refractivity contribution in [1.29, 1.82) is 0 Å². The Kier molecular flexibility index (Phi) is 2.56. The van der Waals surface area contributed by atoms with Gasteiger partial charge in [-0.3, -0.25) is 4.98 Å². The molecule has 0 unspecified atom stereocenters. The van der Waals surface area contributed by atoms with Crippen LogP contribution in [-0.4, -0.2) is 24.3 Å². The second-order valence-corrected chi connectivity index (χ2v) is 3.46. The summed E-state index contributed by atoms with van der Waals surface area (Å²) in [6, 6.07) is 3.65. The summed E-state index contributed by atoms with van der Waals surface area (Å²) in [6.07, 6.45) is 1.70. The highest BCUT2D eigenvalue weighted by atomic mass is 16.5. The van der Waals surface area contributed by atoms with Gasteiger partial charge in [-0.15, -0.1) is 0 Å². The molecular weight excluding hydrogens is 206 g/mol. The number of fused-ring (bicyclic) bond motifs is 1. The number of phenolic OH excluding ortho intramolecular Hbond substituents is 1. The van der Waals surface area contributed by atoms with Crippen molar-refractivity contribution in [2.75, 3.05) is 14.2 Å². The summed E-state index contributed by atoms with van der Waals surface area (Å²) in [6.45, 7) is 1.84. The lowest BCUT2D eigenvalue weighted by Gasteiger charge is -2.12. The first-order valence-corrected chi connectivity index (χ1v) is 4.88. The van der Waals surface area contributed by atoms with E-state index in [1.165, 1.54) is 14.2 Å². The Hall–Kier alpha value is -1.97. The second-order valence-electron chi connectivity index (χ2n) is 3.46. The van der Waals surface area contributed by atoms with Crippen LogP contribution in [-0.2, 0) is 0 Å². The van der Waals surface area contributed by atoms with E-state index >= 15 is 0 Å². The van der Waals surface area contributed by atoms with E-state index in [-0.39, 0.29) is 5.75 Å². The number of hydrogen-bond donors (Lipinski definition) is 1. The molecule has 2 aromatic rings. The Morgan fingerprint density at radius 3 is 2.62 bits per heavy atom. The summed E-state index contributed by atoms with van der Waals surface area (Å²) in [7, 11) is 3.03. The molecule has 1 heterocycles. The lowest BCUT2D eigenvalue weighted by Crippen LogP contribution is -1.93. The first-order chi connectivity index (χ1) is 7.69. The second kappa shape index (κ2) is 3.89. The lowest BCUT2D eigenvalue weighted by molar-refractivity contribution is 0.335. The molecule has 0 aliphatic carbocycles. The number of benzene rings is 1. The van der Waals surface area contributed by atoms with Crippen LogP contribution in [0.3, 0.4) is 0 Å². The Morgan fingerprint density at radius 1 is 1.25 bits per heavy atom. The van der Waals surface area contributed by atoms with Crippen molar-refractivity contribution >= 4 is 10.8 Å². The van der Waals surface area contributed by atoms with Crippen molar-refractivity contribution in [3.05, 3.63) is 24.0 Å². The molecule has 0 fully saturated rings. The fraction of sp³-hybridized carbons (Fsp3) is 0.250. The number of rotatable bonds is 2. The van der Waals surface area contributed by atoms with Crippen molar-refractivity contribution in [2.45, 2.75) is 6.92 Å². The van der Waals surface area contributed by atoms with E-state index < -0.39 is 0 Å². The van der Waals surface area contributed by atoms with Crippen molar-refractivity contribution in [1.82, 2.24) is 4.98 Å². The quantitative estimate of drug-likeness (QED) is 0.841. The number of ether oxygens (including phenoxy) is 2. The molecule has 16 heavy (non-hydrogen) atoms. The number of hydrogen-bond acceptors (Lipinski definition) is 4. The predicted molar refractivity (Wildman–Crippen MR) is 61.2 cm³/mol. The van der Waals surface area contributed by atoms with Crippen LogP contribution in [0.25, 0.3) is 10.8 Å². The summed E-state index contributed by atoms with van der Waals surface area (Å²) < 4.78 is 10.3. The molecule has 1 aromatic heterocycles. The standard InChI is InChI=1S/C12H13NO3/c1-7-10-8(4-5-13-7)6-9(15-2)12(16-3)11(10)14/h4-6,14H,1-3H3. The summed E-state index contributed by atoms with van der Waals surface area (Å²) in [5, 5.41) is 11.7. The van der Waals surface area contributed by atoms with Crippen molar-refractivity contribution < 1.29 is 14.6 Å². The maximum atomic E-state index is 10.1. The van der Waals surface area contributed by atoms with E-state index in [9.17, 15) is 5.11 Å². The zero-order chi connectivity index (χ0) is 11.7. The summed E-state index contributed by atoms with van der Waals surface area (Å²) in [4.78, 5) is 4.14. The van der Waals surface area contributed by atoms with Crippen LogP contribution in [0.15, 0.2) is 18.3 Å². The number of phenols is 1. The van der Waals surface area contributed by atoms with E-state index in [1.54, 1.807) is 6.20 Å². The molecule has 0 bridgehead atoms. The fourth-order valence-electron chi connectivity index (χ4n) is 1.80. The van der Waals surface area contributed by atoms with E-state index in [0.29, 0.717) is 16.9 Å². The molecule has 2 rings (SSSR count). The summed E-state index contributed by atoms with van der Waals surface area (Å²) in [5.41, 5.74) is 0.760. The third kappa shape index (κ3) is 1.43. The van der Waals surface area contributed by atoms with Crippen LogP contribution in [0.5, 0.6) is 17.2 Å². The molecule has 0 spiro atoms. The molecule has 4 heteroatoms. The molecule has 0 radical (unpaired) electrons. The van der Waals surface area contributed by atoms with Gasteiger partial charge in [0.15, 0.2) is 11.5 Å². The largest absolute Gasteiger partial charge is 0.504 e. The molecule has 1 aromatic carbocycles. The van der Waals surface area contributed by atoms with Crippen LogP contribution in [0.2, 0.25) is 0 Å². The average molecular weight is 219 g/mol. The van der Waals surface area contributed by atoms with Crippen LogP contribution in [0.1, 0.15) is 5.69 Å². The molecule has 0 aliphatic rings. The minimum absolute atomic E-state index is 0.0717. The van der Waals surface area contributed by atoms with Crippen molar-refractivity contribution in [3.8, 4) is 17.2 Å².